The zero-order valence-corrected chi connectivity index (χ0v) is 23.0. The van der Waals surface area contributed by atoms with E-state index in [1.54, 1.807) is 0 Å². The quantitative estimate of drug-likeness (QED) is 0.350. The third-order valence-electron chi connectivity index (χ3n) is 6.14. The minimum absolute atomic E-state index is 0.481. The van der Waals surface area contributed by atoms with Gasteiger partial charge in [-0.1, -0.05) is 64.1 Å². The maximum Gasteiger partial charge on any atom is 0.537 e. The molecule has 0 radical (unpaired) electrons. The van der Waals surface area contributed by atoms with E-state index in [1.165, 1.54) is 22.4 Å². The molecule has 1 heterocycles. The van der Waals surface area contributed by atoms with Gasteiger partial charge in [0.2, 0.25) is 0 Å². The molecule has 0 N–H and O–H groups in total. The second-order valence-corrected chi connectivity index (χ2v) is 11.9. The lowest BCUT2D eigenvalue weighted by atomic mass is 9.94. The van der Waals surface area contributed by atoms with Gasteiger partial charge in [0, 0.05) is 49.6 Å². The molecule has 6 heteroatoms. The van der Waals surface area contributed by atoms with Crippen LogP contribution in [-0.4, -0.2) is 40.2 Å². The molecule has 0 unspecified atom stereocenters. The fourth-order valence-corrected chi connectivity index (χ4v) is 6.84. The topological polar surface area (TPSA) is 34.2 Å². The molecule has 0 spiro atoms. The molecule has 0 amide bonds. The first-order chi connectivity index (χ1) is 16.3. The Balaban J connectivity index is 1.71. The summed E-state index contributed by atoms with van der Waals surface area (Å²) in [5.74, 6) is 1.02. The van der Waals surface area contributed by atoms with Gasteiger partial charge in [-0.25, -0.2) is 0 Å². The number of hydrogen-bond donors (Lipinski definition) is 0. The third kappa shape index (κ3) is 6.11. The van der Waals surface area contributed by atoms with Crippen molar-refractivity contribution in [3.63, 3.8) is 0 Å². The van der Waals surface area contributed by atoms with E-state index in [4.69, 9.17) is 13.3 Å². The van der Waals surface area contributed by atoms with Crippen LogP contribution in [-0.2, 0) is 19.8 Å². The Labute approximate surface area is 207 Å². The standard InChI is InChI=1S/C28H42N2O3Si/c1-8-31-34(32-9-2,33-10-3)26-14-11-24(12-15-26)20-29-17-18-30(21-29)28-16-13-25(22(4)5)19-27(28)23(6)7/h11-19,22-23H,8-10,20-21H2,1-7H3. The maximum absolute atomic E-state index is 6.05. The van der Waals surface area contributed by atoms with Crippen LogP contribution >= 0.6 is 0 Å². The third-order valence-corrected chi connectivity index (χ3v) is 9.18. The highest BCUT2D eigenvalue weighted by atomic mass is 28.4. The van der Waals surface area contributed by atoms with Crippen LogP contribution in [0.3, 0.4) is 0 Å². The van der Waals surface area contributed by atoms with Gasteiger partial charge in [-0.15, -0.1) is 0 Å². The predicted octanol–water partition coefficient (Wildman–Crippen LogP) is 5.94. The summed E-state index contributed by atoms with van der Waals surface area (Å²) in [5, 5.41) is 1.02. The zero-order chi connectivity index (χ0) is 24.7. The molecule has 3 rings (SSSR count). The van der Waals surface area contributed by atoms with E-state index in [2.05, 4.69) is 92.4 Å². The summed E-state index contributed by atoms with van der Waals surface area (Å²) in [6, 6.07) is 15.5. The van der Waals surface area contributed by atoms with Crippen LogP contribution in [0.2, 0.25) is 0 Å². The highest BCUT2D eigenvalue weighted by Crippen LogP contribution is 2.32. The van der Waals surface area contributed by atoms with E-state index in [1.807, 2.05) is 20.8 Å². The molecular weight excluding hydrogens is 440 g/mol. The lowest BCUT2D eigenvalue weighted by Gasteiger charge is -2.29. The fourth-order valence-electron chi connectivity index (χ4n) is 4.37. The summed E-state index contributed by atoms with van der Waals surface area (Å²) in [7, 11) is -2.86. The first-order valence-electron chi connectivity index (χ1n) is 12.7. The number of hydrogen-bond acceptors (Lipinski definition) is 5. The number of rotatable bonds is 12. The molecule has 0 atom stereocenters. The molecule has 34 heavy (non-hydrogen) atoms. The van der Waals surface area contributed by atoms with Gasteiger partial charge in [-0.2, -0.15) is 0 Å². The summed E-state index contributed by atoms with van der Waals surface area (Å²) in [6.45, 7) is 18.4. The van der Waals surface area contributed by atoms with Gasteiger partial charge in [0.25, 0.3) is 0 Å². The Hall–Kier alpha value is -2.12. The summed E-state index contributed by atoms with van der Waals surface area (Å²) in [6.07, 6.45) is 4.38. The van der Waals surface area contributed by atoms with Crippen LogP contribution in [0.15, 0.2) is 54.9 Å². The molecule has 2 aromatic carbocycles. The molecule has 0 saturated carbocycles. The van der Waals surface area contributed by atoms with Gasteiger partial charge in [0.15, 0.2) is 0 Å². The van der Waals surface area contributed by atoms with E-state index in [0.29, 0.717) is 31.7 Å². The summed E-state index contributed by atoms with van der Waals surface area (Å²) in [4.78, 5) is 4.69. The molecule has 2 aromatic rings. The molecule has 0 saturated heterocycles. The zero-order valence-electron chi connectivity index (χ0n) is 22.0. The Kier molecular flexibility index (Phi) is 9.37. The van der Waals surface area contributed by atoms with E-state index >= 15 is 0 Å². The molecule has 1 aliphatic rings. The first kappa shape index (κ1) is 26.5. The highest BCUT2D eigenvalue weighted by molar-refractivity contribution is 6.75. The molecule has 0 fully saturated rings. The second kappa shape index (κ2) is 12.0. The van der Waals surface area contributed by atoms with Crippen LogP contribution in [0, 0.1) is 0 Å². The Bertz CT molecular complexity index is 926. The van der Waals surface area contributed by atoms with Crippen molar-refractivity contribution in [2.45, 2.75) is 66.8 Å². The number of nitrogens with zero attached hydrogens (tertiary/aromatic N) is 2. The minimum atomic E-state index is -2.86. The molecule has 1 aliphatic heterocycles. The Morgan fingerprint density at radius 1 is 0.794 bits per heavy atom. The SMILES string of the molecule is CCO[Si](OCC)(OCC)c1ccc(CN2C=CN(c3ccc(C(C)C)cc3C(C)C)C2)cc1. The molecule has 0 aromatic heterocycles. The second-order valence-electron chi connectivity index (χ2n) is 9.34. The van der Waals surface area contributed by atoms with Gasteiger partial charge in [0.05, 0.1) is 6.67 Å². The summed E-state index contributed by atoms with van der Waals surface area (Å²) in [5.41, 5.74) is 5.36. The molecule has 5 nitrogen and oxygen atoms in total. The van der Waals surface area contributed by atoms with E-state index in [-0.39, 0.29) is 0 Å². The lowest BCUT2D eigenvalue weighted by molar-refractivity contribution is 0.0859. The normalized spacial score (nSPS) is 14.1. The average molecular weight is 483 g/mol. The molecule has 0 aliphatic carbocycles. The van der Waals surface area contributed by atoms with Gasteiger partial charge >= 0.3 is 8.80 Å². The van der Waals surface area contributed by atoms with E-state index < -0.39 is 8.80 Å². The number of anilines is 1. The Morgan fingerprint density at radius 3 is 1.94 bits per heavy atom. The lowest BCUT2D eigenvalue weighted by Crippen LogP contribution is -2.56. The van der Waals surface area contributed by atoms with Gasteiger partial charge in [-0.3, -0.25) is 0 Å². The van der Waals surface area contributed by atoms with Gasteiger partial charge in [-0.05, 0) is 55.4 Å². The van der Waals surface area contributed by atoms with Crippen molar-refractivity contribution in [2.24, 2.45) is 0 Å². The van der Waals surface area contributed by atoms with Crippen molar-refractivity contribution in [1.82, 2.24) is 4.90 Å². The largest absolute Gasteiger partial charge is 0.537 e. The van der Waals surface area contributed by atoms with E-state index in [9.17, 15) is 0 Å². The fraction of sp³-hybridized carbons (Fsp3) is 0.500. The van der Waals surface area contributed by atoms with Gasteiger partial charge < -0.3 is 23.1 Å². The smallest absolute Gasteiger partial charge is 0.370 e. The first-order valence-corrected chi connectivity index (χ1v) is 14.4. The molecular formula is C28H42N2O3Si. The van der Waals surface area contributed by atoms with Crippen LogP contribution < -0.4 is 10.1 Å². The number of benzene rings is 2. The van der Waals surface area contributed by atoms with Crippen LogP contribution in [0.25, 0.3) is 0 Å². The van der Waals surface area contributed by atoms with Crippen molar-refractivity contribution in [2.75, 3.05) is 31.4 Å². The average Bonchev–Trinajstić information content (AvgIpc) is 3.27. The predicted molar refractivity (Wildman–Crippen MR) is 143 cm³/mol. The summed E-state index contributed by atoms with van der Waals surface area (Å²) >= 11 is 0. The van der Waals surface area contributed by atoms with Crippen molar-refractivity contribution in [3.8, 4) is 0 Å². The highest BCUT2D eigenvalue weighted by Gasteiger charge is 2.43. The van der Waals surface area contributed by atoms with Crippen LogP contribution in [0.5, 0.6) is 0 Å². The Morgan fingerprint density at radius 2 is 1.41 bits per heavy atom. The monoisotopic (exact) mass is 482 g/mol. The van der Waals surface area contributed by atoms with Crippen LogP contribution in [0.1, 0.15) is 77.0 Å². The van der Waals surface area contributed by atoms with Gasteiger partial charge in [0.1, 0.15) is 0 Å². The summed E-state index contributed by atoms with van der Waals surface area (Å²) < 4.78 is 18.2. The molecule has 186 valence electrons. The molecule has 0 bridgehead atoms. The maximum atomic E-state index is 6.05. The van der Waals surface area contributed by atoms with Crippen molar-refractivity contribution in [3.05, 3.63) is 71.6 Å². The van der Waals surface area contributed by atoms with Crippen molar-refractivity contribution in [1.29, 1.82) is 0 Å². The van der Waals surface area contributed by atoms with Crippen LogP contribution in [0.4, 0.5) is 5.69 Å². The van der Waals surface area contributed by atoms with E-state index in [0.717, 1.165) is 18.4 Å². The van der Waals surface area contributed by atoms with Crippen molar-refractivity contribution >= 4 is 19.7 Å². The van der Waals surface area contributed by atoms with Crippen molar-refractivity contribution < 1.29 is 13.3 Å². The minimum Gasteiger partial charge on any atom is -0.370 e.